The molecule has 0 aliphatic rings. The summed E-state index contributed by atoms with van der Waals surface area (Å²) in [6.45, 7) is 0. The van der Waals surface area contributed by atoms with Gasteiger partial charge in [-0.15, -0.1) is 0 Å². The summed E-state index contributed by atoms with van der Waals surface area (Å²) >= 11 is 6.67. The van der Waals surface area contributed by atoms with Crippen LogP contribution in [0, 0.1) is 11.3 Å². The summed E-state index contributed by atoms with van der Waals surface area (Å²) in [5.74, 6) is 0.994. The third-order valence-electron chi connectivity index (χ3n) is 2.26. The number of hydrogen-bond acceptors (Lipinski definition) is 3. The molecule has 2 aromatic rings. The maximum Gasteiger partial charge on any atom is 0.150 e. The summed E-state index contributed by atoms with van der Waals surface area (Å²) < 4.78 is 7.39. The standard InChI is InChI=1S/C13H8Br2N2O/c14-9-3-4-12(11(17)5-9)18-13-6-10(15)2-1-8(13)7-16/h1-6H,17H2. The number of nitrogens with zero attached hydrogens (tertiary/aromatic N) is 1. The number of rotatable bonds is 2. The number of hydrogen-bond donors (Lipinski definition) is 1. The second kappa shape index (κ2) is 5.42. The molecule has 2 N–H and O–H groups in total. The zero-order chi connectivity index (χ0) is 13.1. The van der Waals surface area contributed by atoms with Crippen LogP contribution in [0.1, 0.15) is 5.56 Å². The summed E-state index contributed by atoms with van der Waals surface area (Å²) in [5.41, 5.74) is 6.82. The monoisotopic (exact) mass is 366 g/mol. The Hall–Kier alpha value is -1.51. The maximum atomic E-state index is 9.02. The summed E-state index contributed by atoms with van der Waals surface area (Å²) in [6.07, 6.45) is 0. The summed E-state index contributed by atoms with van der Waals surface area (Å²) in [6, 6.07) is 12.6. The van der Waals surface area contributed by atoms with Crippen molar-refractivity contribution in [1.82, 2.24) is 0 Å². The van der Waals surface area contributed by atoms with Crippen molar-refractivity contribution >= 4 is 37.5 Å². The maximum absolute atomic E-state index is 9.02. The van der Waals surface area contributed by atoms with Crippen molar-refractivity contribution in [1.29, 1.82) is 5.26 Å². The van der Waals surface area contributed by atoms with E-state index in [4.69, 9.17) is 15.7 Å². The molecular weight excluding hydrogens is 360 g/mol. The summed E-state index contributed by atoms with van der Waals surface area (Å²) in [5, 5.41) is 9.02. The van der Waals surface area contributed by atoms with E-state index in [9.17, 15) is 0 Å². The van der Waals surface area contributed by atoms with Gasteiger partial charge in [-0.2, -0.15) is 5.26 Å². The van der Waals surface area contributed by atoms with E-state index in [2.05, 4.69) is 37.9 Å². The molecule has 0 fully saturated rings. The molecule has 90 valence electrons. The van der Waals surface area contributed by atoms with Crippen molar-refractivity contribution in [3.8, 4) is 17.6 Å². The number of anilines is 1. The molecule has 0 saturated carbocycles. The fourth-order valence-electron chi connectivity index (χ4n) is 1.40. The van der Waals surface area contributed by atoms with Gasteiger partial charge in [0.2, 0.25) is 0 Å². The smallest absolute Gasteiger partial charge is 0.150 e. The summed E-state index contributed by atoms with van der Waals surface area (Å²) in [4.78, 5) is 0. The van der Waals surface area contributed by atoms with Gasteiger partial charge >= 0.3 is 0 Å². The van der Waals surface area contributed by atoms with Gasteiger partial charge in [-0.3, -0.25) is 0 Å². The molecule has 3 nitrogen and oxygen atoms in total. The van der Waals surface area contributed by atoms with Crippen molar-refractivity contribution < 1.29 is 4.74 Å². The van der Waals surface area contributed by atoms with Gasteiger partial charge in [-0.05, 0) is 36.4 Å². The van der Waals surface area contributed by atoms with Crippen LogP contribution < -0.4 is 10.5 Å². The zero-order valence-electron chi connectivity index (χ0n) is 9.15. The van der Waals surface area contributed by atoms with E-state index in [0.29, 0.717) is 22.7 Å². The van der Waals surface area contributed by atoms with Gasteiger partial charge in [0.25, 0.3) is 0 Å². The molecule has 0 aliphatic heterocycles. The van der Waals surface area contributed by atoms with E-state index in [1.807, 2.05) is 6.07 Å². The first kappa shape index (κ1) is 12.9. The molecular formula is C13H8Br2N2O. The lowest BCUT2D eigenvalue weighted by Crippen LogP contribution is -1.93. The second-order valence-electron chi connectivity index (χ2n) is 3.54. The number of halogens is 2. The Kier molecular flexibility index (Phi) is 3.90. The molecule has 0 atom stereocenters. The first-order valence-electron chi connectivity index (χ1n) is 5.02. The zero-order valence-corrected chi connectivity index (χ0v) is 12.3. The van der Waals surface area contributed by atoms with Gasteiger partial charge in [0, 0.05) is 8.95 Å². The Morgan fingerprint density at radius 3 is 2.33 bits per heavy atom. The van der Waals surface area contributed by atoms with E-state index in [1.54, 1.807) is 30.3 Å². The molecule has 18 heavy (non-hydrogen) atoms. The first-order valence-corrected chi connectivity index (χ1v) is 6.61. The first-order chi connectivity index (χ1) is 8.60. The lowest BCUT2D eigenvalue weighted by atomic mass is 10.2. The van der Waals surface area contributed by atoms with Crippen molar-refractivity contribution in [3.05, 3.63) is 50.9 Å². The highest BCUT2D eigenvalue weighted by molar-refractivity contribution is 9.10. The molecule has 0 spiro atoms. The highest BCUT2D eigenvalue weighted by Gasteiger charge is 2.08. The van der Waals surface area contributed by atoms with Crippen molar-refractivity contribution in [2.45, 2.75) is 0 Å². The molecule has 0 bridgehead atoms. The minimum Gasteiger partial charge on any atom is -0.454 e. The SMILES string of the molecule is N#Cc1ccc(Br)cc1Oc1ccc(Br)cc1N. The van der Waals surface area contributed by atoms with Crippen LogP contribution in [0.5, 0.6) is 11.5 Å². The van der Waals surface area contributed by atoms with Crippen LogP contribution in [0.3, 0.4) is 0 Å². The number of ether oxygens (including phenoxy) is 1. The normalized spacial score (nSPS) is 9.83. The van der Waals surface area contributed by atoms with E-state index >= 15 is 0 Å². The lowest BCUT2D eigenvalue weighted by molar-refractivity contribution is 0.483. The Morgan fingerprint density at radius 2 is 1.67 bits per heavy atom. The molecule has 0 unspecified atom stereocenters. The molecule has 0 aliphatic carbocycles. The molecule has 0 aromatic heterocycles. The Bertz CT molecular complexity index is 635. The van der Waals surface area contributed by atoms with Crippen LogP contribution in [-0.2, 0) is 0 Å². The van der Waals surface area contributed by atoms with E-state index in [-0.39, 0.29) is 0 Å². The average Bonchev–Trinajstić information content (AvgIpc) is 2.33. The van der Waals surface area contributed by atoms with Crippen LogP contribution in [0.25, 0.3) is 0 Å². The molecule has 2 aromatic carbocycles. The van der Waals surface area contributed by atoms with Crippen molar-refractivity contribution in [3.63, 3.8) is 0 Å². The van der Waals surface area contributed by atoms with E-state index in [1.165, 1.54) is 0 Å². The van der Waals surface area contributed by atoms with Gasteiger partial charge in [-0.25, -0.2) is 0 Å². The lowest BCUT2D eigenvalue weighted by Gasteiger charge is -2.10. The van der Waals surface area contributed by atoms with Gasteiger partial charge in [-0.1, -0.05) is 31.9 Å². The predicted molar refractivity (Wildman–Crippen MR) is 77.5 cm³/mol. The molecule has 0 saturated heterocycles. The third kappa shape index (κ3) is 2.84. The minimum absolute atomic E-state index is 0.459. The molecule has 5 heteroatoms. The third-order valence-corrected chi connectivity index (χ3v) is 3.24. The van der Waals surface area contributed by atoms with Crippen LogP contribution in [0.15, 0.2) is 45.3 Å². The Morgan fingerprint density at radius 1 is 1.00 bits per heavy atom. The quantitative estimate of drug-likeness (QED) is 0.797. The fourth-order valence-corrected chi connectivity index (χ4v) is 2.12. The van der Waals surface area contributed by atoms with E-state index in [0.717, 1.165) is 8.95 Å². The van der Waals surface area contributed by atoms with Crippen LogP contribution in [-0.4, -0.2) is 0 Å². The predicted octanol–water partition coefficient (Wildman–Crippen LogP) is 4.46. The van der Waals surface area contributed by atoms with Gasteiger partial charge in [0.05, 0.1) is 11.3 Å². The largest absolute Gasteiger partial charge is 0.454 e. The molecule has 2 rings (SSSR count). The summed E-state index contributed by atoms with van der Waals surface area (Å²) in [7, 11) is 0. The van der Waals surface area contributed by atoms with Gasteiger partial charge in [0.15, 0.2) is 0 Å². The van der Waals surface area contributed by atoms with Crippen LogP contribution in [0.4, 0.5) is 5.69 Å². The van der Waals surface area contributed by atoms with E-state index < -0.39 is 0 Å². The number of benzene rings is 2. The Balaban J connectivity index is 2.40. The molecule has 0 amide bonds. The fraction of sp³-hybridized carbons (Fsp3) is 0. The number of nitrogens with two attached hydrogens (primary N) is 1. The van der Waals surface area contributed by atoms with Gasteiger partial charge < -0.3 is 10.5 Å². The highest BCUT2D eigenvalue weighted by Crippen LogP contribution is 2.32. The van der Waals surface area contributed by atoms with Crippen LogP contribution >= 0.6 is 31.9 Å². The van der Waals surface area contributed by atoms with Crippen molar-refractivity contribution in [2.75, 3.05) is 5.73 Å². The Labute approximate surface area is 121 Å². The van der Waals surface area contributed by atoms with Crippen LogP contribution in [0.2, 0.25) is 0 Å². The average molecular weight is 368 g/mol. The van der Waals surface area contributed by atoms with Crippen molar-refractivity contribution in [2.24, 2.45) is 0 Å². The topological polar surface area (TPSA) is 59.0 Å². The molecule has 0 radical (unpaired) electrons. The number of nitrogen functional groups attached to an aromatic ring is 1. The minimum atomic E-state index is 0.459. The number of nitriles is 1. The molecule has 0 heterocycles. The van der Waals surface area contributed by atoms with Gasteiger partial charge in [0.1, 0.15) is 17.6 Å². The second-order valence-corrected chi connectivity index (χ2v) is 5.37. The highest BCUT2D eigenvalue weighted by atomic mass is 79.9.